The summed E-state index contributed by atoms with van der Waals surface area (Å²) in [6.45, 7) is 4.80. The number of anilines is 1. The molecule has 1 saturated heterocycles. The van der Waals surface area contributed by atoms with Crippen LogP contribution in [-0.4, -0.2) is 63.3 Å². The Bertz CT molecular complexity index is 1020. The Morgan fingerprint density at radius 1 is 1.03 bits per heavy atom. The van der Waals surface area contributed by atoms with Gasteiger partial charge in [0.25, 0.3) is 0 Å². The number of hydrogen-bond acceptors (Lipinski definition) is 10. The van der Waals surface area contributed by atoms with Gasteiger partial charge in [-0.1, -0.05) is 0 Å². The number of nitrogens with one attached hydrogen (secondary N) is 1. The highest BCUT2D eigenvalue weighted by atomic mass is 16.6. The second kappa shape index (κ2) is 9.08. The molecule has 12 nitrogen and oxygen atoms in total. The lowest BCUT2D eigenvalue weighted by atomic mass is 10.1. The number of rotatable bonds is 6. The van der Waals surface area contributed by atoms with Crippen molar-refractivity contribution in [1.82, 2.24) is 14.6 Å². The van der Waals surface area contributed by atoms with Gasteiger partial charge in [-0.15, -0.1) is 0 Å². The fourth-order valence-electron chi connectivity index (χ4n) is 3.39. The van der Waals surface area contributed by atoms with Crippen LogP contribution in [0.4, 0.5) is 5.82 Å². The highest BCUT2D eigenvalue weighted by molar-refractivity contribution is 5.91. The molecule has 1 unspecified atom stereocenters. The summed E-state index contributed by atoms with van der Waals surface area (Å²) < 4.78 is 23.3. The van der Waals surface area contributed by atoms with Gasteiger partial charge in [-0.05, 0) is 12.1 Å². The van der Waals surface area contributed by atoms with Crippen molar-refractivity contribution < 1.29 is 38.1 Å². The molecule has 2 aromatic rings. The fourth-order valence-corrected chi connectivity index (χ4v) is 3.39. The van der Waals surface area contributed by atoms with Gasteiger partial charge in [0.2, 0.25) is 5.91 Å². The maximum absolute atomic E-state index is 11.8. The second-order valence-electron chi connectivity index (χ2n) is 6.89. The van der Waals surface area contributed by atoms with E-state index in [9.17, 15) is 19.2 Å². The summed E-state index contributed by atoms with van der Waals surface area (Å²) >= 11 is 0. The molecule has 0 bridgehead atoms. The Hall–Kier alpha value is -3.54. The van der Waals surface area contributed by atoms with Gasteiger partial charge < -0.3 is 24.3 Å². The normalized spacial score (nSPS) is 22.7. The largest absolute Gasteiger partial charge is 0.463 e. The summed E-state index contributed by atoms with van der Waals surface area (Å²) in [5.74, 6) is -1.80. The molecule has 2 aromatic heterocycles. The molecule has 1 fully saturated rings. The van der Waals surface area contributed by atoms with Crippen molar-refractivity contribution in [2.75, 3.05) is 11.9 Å². The van der Waals surface area contributed by atoms with E-state index in [2.05, 4.69) is 15.4 Å². The predicted molar refractivity (Wildman–Crippen MR) is 103 cm³/mol. The maximum Gasteiger partial charge on any atom is 0.303 e. The minimum absolute atomic E-state index is 0.211. The first-order valence-electron chi connectivity index (χ1n) is 9.41. The average molecular weight is 434 g/mol. The Labute approximate surface area is 176 Å². The molecule has 0 aliphatic carbocycles. The zero-order valence-electron chi connectivity index (χ0n) is 17.4. The highest BCUT2D eigenvalue weighted by Crippen LogP contribution is 2.38. The van der Waals surface area contributed by atoms with Crippen molar-refractivity contribution in [3.05, 3.63) is 24.2 Å². The number of amides is 1. The van der Waals surface area contributed by atoms with Crippen molar-refractivity contribution >= 4 is 35.1 Å². The van der Waals surface area contributed by atoms with Crippen LogP contribution in [0.5, 0.6) is 0 Å². The van der Waals surface area contributed by atoms with Crippen molar-refractivity contribution in [2.24, 2.45) is 0 Å². The molecular weight excluding hydrogens is 412 g/mol. The Balaban J connectivity index is 2.02. The van der Waals surface area contributed by atoms with Crippen LogP contribution >= 0.6 is 0 Å². The lowest BCUT2D eigenvalue weighted by molar-refractivity contribution is -0.165. The quantitative estimate of drug-likeness (QED) is 0.505. The molecule has 1 aliphatic rings. The number of carbonyl (C=O) groups excluding carboxylic acids is 4. The molecule has 3 heterocycles. The van der Waals surface area contributed by atoms with Gasteiger partial charge in [0.1, 0.15) is 30.7 Å². The van der Waals surface area contributed by atoms with E-state index in [1.54, 1.807) is 12.1 Å². The van der Waals surface area contributed by atoms with Crippen LogP contribution in [0, 0.1) is 0 Å². The molecule has 1 N–H and O–H groups in total. The van der Waals surface area contributed by atoms with Crippen LogP contribution in [0.15, 0.2) is 18.5 Å². The van der Waals surface area contributed by atoms with Crippen LogP contribution in [0.25, 0.3) is 5.52 Å². The van der Waals surface area contributed by atoms with Crippen LogP contribution in [-0.2, 0) is 38.1 Å². The molecule has 3 rings (SSSR count). The van der Waals surface area contributed by atoms with Gasteiger partial charge in [-0.25, -0.2) is 9.50 Å². The van der Waals surface area contributed by atoms with E-state index in [1.807, 2.05) is 0 Å². The third-order valence-electron chi connectivity index (χ3n) is 4.43. The number of aromatic nitrogens is 3. The van der Waals surface area contributed by atoms with E-state index in [0.717, 1.165) is 0 Å². The molecule has 12 heteroatoms. The molecule has 0 aromatic carbocycles. The lowest BCUT2D eigenvalue weighted by Crippen LogP contribution is -2.40. The highest BCUT2D eigenvalue weighted by Gasteiger charge is 2.51. The van der Waals surface area contributed by atoms with E-state index in [1.165, 1.54) is 38.5 Å². The van der Waals surface area contributed by atoms with Crippen molar-refractivity contribution in [1.29, 1.82) is 0 Å². The van der Waals surface area contributed by atoms with E-state index in [4.69, 9.17) is 18.9 Å². The summed E-state index contributed by atoms with van der Waals surface area (Å²) in [6, 6.07) is 3.32. The first-order chi connectivity index (χ1) is 14.7. The van der Waals surface area contributed by atoms with E-state index < -0.39 is 42.3 Å². The predicted octanol–water partition coefficient (Wildman–Crippen LogP) is 0.554. The van der Waals surface area contributed by atoms with Crippen LogP contribution in [0.2, 0.25) is 0 Å². The number of fused-ring (bicyclic) bond motifs is 1. The zero-order chi connectivity index (χ0) is 22.7. The molecule has 166 valence electrons. The molecule has 0 radical (unpaired) electrons. The molecule has 1 aliphatic heterocycles. The van der Waals surface area contributed by atoms with Crippen LogP contribution in [0.1, 0.15) is 39.5 Å². The average Bonchev–Trinajstić information content (AvgIpc) is 3.22. The summed E-state index contributed by atoms with van der Waals surface area (Å²) in [4.78, 5) is 50.2. The van der Waals surface area contributed by atoms with E-state index in [0.29, 0.717) is 11.2 Å². The minimum Gasteiger partial charge on any atom is -0.463 e. The van der Waals surface area contributed by atoms with Gasteiger partial charge in [0.15, 0.2) is 18.0 Å². The first-order valence-corrected chi connectivity index (χ1v) is 9.41. The van der Waals surface area contributed by atoms with Crippen LogP contribution in [0.3, 0.4) is 0 Å². The molecular formula is C19H22N4O8. The summed E-state index contributed by atoms with van der Waals surface area (Å²) in [5, 5.41) is 6.80. The van der Waals surface area contributed by atoms with Crippen LogP contribution < -0.4 is 5.32 Å². The third-order valence-corrected chi connectivity index (χ3v) is 4.43. The Morgan fingerprint density at radius 2 is 1.71 bits per heavy atom. The van der Waals surface area contributed by atoms with Crippen molar-refractivity contribution in [2.45, 2.75) is 52.1 Å². The topological polar surface area (TPSA) is 147 Å². The monoisotopic (exact) mass is 434 g/mol. The van der Waals surface area contributed by atoms with E-state index in [-0.39, 0.29) is 18.3 Å². The smallest absolute Gasteiger partial charge is 0.303 e. The zero-order valence-corrected chi connectivity index (χ0v) is 17.4. The molecule has 31 heavy (non-hydrogen) atoms. The molecule has 1 amide bonds. The van der Waals surface area contributed by atoms with Gasteiger partial charge in [-0.2, -0.15) is 5.10 Å². The summed E-state index contributed by atoms with van der Waals surface area (Å²) in [7, 11) is 0. The maximum atomic E-state index is 11.8. The first kappa shape index (κ1) is 22.2. The molecule has 0 saturated carbocycles. The van der Waals surface area contributed by atoms with E-state index >= 15 is 0 Å². The number of ether oxygens (including phenoxy) is 4. The standard InChI is InChI=1S/C19H22N4O8/c1-9(24)22-19-14-6-5-13(23(14)21-8-20-19)16-18(30-12(4)27)17(29-11(3)26)15(31-16)7-28-10(2)25/h5-6,8,15-18H,7H2,1-4H3,(H,20,21,22,24)/t15?,16-,17-,18+/m1/s1. The number of esters is 3. The lowest BCUT2D eigenvalue weighted by Gasteiger charge is -2.23. The summed E-state index contributed by atoms with van der Waals surface area (Å²) in [5.41, 5.74) is 0.933. The molecule has 0 spiro atoms. The number of hydrogen-bond donors (Lipinski definition) is 1. The third kappa shape index (κ3) is 4.97. The SMILES string of the molecule is CC(=O)Nc1ncnn2c([C@H]3OC(COC(C)=O)[C@@H](OC(C)=O)[C@H]3OC(C)=O)ccc12. The van der Waals surface area contributed by atoms with Crippen molar-refractivity contribution in [3.63, 3.8) is 0 Å². The fraction of sp³-hybridized carbons (Fsp3) is 0.474. The summed E-state index contributed by atoms with van der Waals surface area (Å²) in [6.07, 6.45) is -2.59. The number of nitrogens with zero attached hydrogens (tertiary/aromatic N) is 3. The van der Waals surface area contributed by atoms with Gasteiger partial charge in [0, 0.05) is 27.7 Å². The van der Waals surface area contributed by atoms with Gasteiger partial charge in [-0.3, -0.25) is 19.2 Å². The minimum atomic E-state index is -1.03. The van der Waals surface area contributed by atoms with Crippen molar-refractivity contribution in [3.8, 4) is 0 Å². The molecule has 4 atom stereocenters. The number of carbonyl (C=O) groups is 4. The van der Waals surface area contributed by atoms with Gasteiger partial charge >= 0.3 is 17.9 Å². The van der Waals surface area contributed by atoms with Gasteiger partial charge in [0.05, 0.1) is 5.69 Å². The second-order valence-corrected chi connectivity index (χ2v) is 6.89. The Morgan fingerprint density at radius 3 is 2.32 bits per heavy atom. The Kier molecular flexibility index (Phi) is 6.49.